The number of allylic oxidation sites excluding steroid dienone is 1. The molecule has 0 aliphatic carbocycles. The minimum Gasteiger partial charge on any atom is -0.545 e. The van der Waals surface area contributed by atoms with Gasteiger partial charge in [0.1, 0.15) is 0 Å². The fraction of sp³-hybridized carbons (Fsp3) is 0.143. The number of carboxylic acids is 1. The summed E-state index contributed by atoms with van der Waals surface area (Å²) >= 11 is 0. The summed E-state index contributed by atoms with van der Waals surface area (Å²) in [4.78, 5) is 40.7. The summed E-state index contributed by atoms with van der Waals surface area (Å²) in [5.41, 5.74) is 2.37. The van der Waals surface area contributed by atoms with Crippen LogP contribution in [0.4, 0.5) is 0 Å². The van der Waals surface area contributed by atoms with Crippen molar-refractivity contribution < 1.29 is 29.2 Å². The first-order chi connectivity index (χ1) is 13.4. The fourth-order valence-corrected chi connectivity index (χ4v) is 3.01. The minimum absolute atomic E-state index is 0.0294. The Kier molecular flexibility index (Phi) is 5.35. The number of hydrogen-bond donors (Lipinski definition) is 0. The van der Waals surface area contributed by atoms with Gasteiger partial charge in [0.2, 0.25) is 0 Å². The van der Waals surface area contributed by atoms with Crippen LogP contribution in [-0.4, -0.2) is 29.9 Å². The zero-order valence-corrected chi connectivity index (χ0v) is 15.4. The first kappa shape index (κ1) is 19.0. The van der Waals surface area contributed by atoms with Gasteiger partial charge in [-0.2, -0.15) is 0 Å². The molecule has 0 bridgehead atoms. The van der Waals surface area contributed by atoms with E-state index in [1.807, 2.05) is 12.1 Å². The lowest BCUT2D eigenvalue weighted by atomic mass is 10.0. The summed E-state index contributed by atoms with van der Waals surface area (Å²) in [6, 6.07) is 9.55. The van der Waals surface area contributed by atoms with Crippen molar-refractivity contribution in [1.29, 1.82) is 0 Å². The lowest BCUT2D eigenvalue weighted by Crippen LogP contribution is -2.25. The highest BCUT2D eigenvalue weighted by atomic mass is 16.5. The average Bonchev–Trinajstić information content (AvgIpc) is 2.93. The molecule has 1 aliphatic rings. The molecule has 28 heavy (non-hydrogen) atoms. The Balaban J connectivity index is 2.00. The number of nitrogens with zero attached hydrogens (tertiary/aromatic N) is 1. The minimum atomic E-state index is -1.28. The Hall–Kier alpha value is -3.74. The zero-order valence-electron chi connectivity index (χ0n) is 15.4. The van der Waals surface area contributed by atoms with Gasteiger partial charge in [-0.25, -0.2) is 9.78 Å². The molecule has 0 radical (unpaired) electrons. The Morgan fingerprint density at radius 3 is 2.50 bits per heavy atom. The van der Waals surface area contributed by atoms with Crippen molar-refractivity contribution in [2.24, 2.45) is 0 Å². The molecule has 1 N–H and O–H groups in total. The van der Waals surface area contributed by atoms with Crippen LogP contribution in [0.3, 0.4) is 0 Å². The number of nitrogens with one attached hydrogen (secondary N) is 1. The number of rotatable bonds is 5. The van der Waals surface area contributed by atoms with Crippen LogP contribution in [-0.2, 0) is 20.9 Å². The number of hydrogen-bond acceptors (Lipinski definition) is 5. The van der Waals surface area contributed by atoms with Gasteiger partial charge < -0.3 is 19.5 Å². The number of benzene rings is 1. The highest BCUT2D eigenvalue weighted by Crippen LogP contribution is 2.32. The second-order valence-corrected chi connectivity index (χ2v) is 6.22. The molecule has 0 fully saturated rings. The molecule has 0 saturated carbocycles. The number of ether oxygens (including phenoxy) is 1. The van der Waals surface area contributed by atoms with Crippen LogP contribution >= 0.6 is 0 Å². The number of esters is 1. The third-order valence-corrected chi connectivity index (χ3v) is 4.47. The topological polar surface area (TPSA) is 101 Å². The van der Waals surface area contributed by atoms with Gasteiger partial charge in [0, 0.05) is 17.3 Å². The van der Waals surface area contributed by atoms with Crippen molar-refractivity contribution in [1.82, 2.24) is 4.90 Å². The largest absolute Gasteiger partial charge is 0.545 e. The Labute approximate surface area is 161 Å². The van der Waals surface area contributed by atoms with E-state index in [1.54, 1.807) is 37.5 Å². The van der Waals surface area contributed by atoms with E-state index in [2.05, 4.69) is 4.98 Å². The van der Waals surface area contributed by atoms with Crippen LogP contribution in [0.25, 0.3) is 6.08 Å². The lowest BCUT2D eigenvalue weighted by Gasteiger charge is -2.16. The molecule has 0 saturated heterocycles. The van der Waals surface area contributed by atoms with Crippen LogP contribution in [0.2, 0.25) is 0 Å². The molecule has 3 rings (SSSR count). The summed E-state index contributed by atoms with van der Waals surface area (Å²) in [5.74, 6) is -2.22. The van der Waals surface area contributed by atoms with Crippen LogP contribution in [0, 0.1) is 0 Å². The first-order valence-electron chi connectivity index (χ1n) is 8.52. The van der Waals surface area contributed by atoms with E-state index in [9.17, 15) is 19.5 Å². The molecule has 7 heteroatoms. The van der Waals surface area contributed by atoms with Gasteiger partial charge >= 0.3 is 5.97 Å². The van der Waals surface area contributed by atoms with Gasteiger partial charge in [-0.15, -0.1) is 0 Å². The molecule has 0 spiro atoms. The van der Waals surface area contributed by atoms with E-state index in [-0.39, 0.29) is 22.6 Å². The molecule has 1 aromatic carbocycles. The number of carbonyl (C=O) groups excluding carboxylic acids is 3. The smallest absolute Gasteiger partial charge is 0.340 e. The highest BCUT2D eigenvalue weighted by molar-refractivity contribution is 6.16. The fourth-order valence-electron chi connectivity index (χ4n) is 3.01. The number of aromatic carboxylic acids is 1. The Morgan fingerprint density at radius 1 is 1.21 bits per heavy atom. The molecule has 1 aromatic heterocycles. The number of aromatic nitrogens is 1. The van der Waals surface area contributed by atoms with E-state index in [0.717, 1.165) is 5.56 Å². The summed E-state index contributed by atoms with van der Waals surface area (Å²) in [5, 5.41) is 10.9. The van der Waals surface area contributed by atoms with Crippen molar-refractivity contribution >= 4 is 23.9 Å². The molecule has 0 unspecified atom stereocenters. The van der Waals surface area contributed by atoms with Crippen molar-refractivity contribution in [3.8, 4) is 0 Å². The van der Waals surface area contributed by atoms with E-state index < -0.39 is 11.9 Å². The van der Waals surface area contributed by atoms with Crippen LogP contribution in [0.5, 0.6) is 0 Å². The van der Waals surface area contributed by atoms with Gasteiger partial charge in [0.25, 0.3) is 5.91 Å². The number of amides is 1. The Bertz CT molecular complexity index is 991. The highest BCUT2D eigenvalue weighted by Gasteiger charge is 2.37. The SMILES string of the molecule is COC(=O)C1=C(C)N(Cc2ccc[nH+]c2)C(=O)/C1=C\c1ccc(C(=O)[O-])cc1. The van der Waals surface area contributed by atoms with Gasteiger partial charge in [-0.3, -0.25) is 4.79 Å². The predicted molar refractivity (Wildman–Crippen MR) is 97.0 cm³/mol. The predicted octanol–water partition coefficient (Wildman–Crippen LogP) is 0.737. The maximum atomic E-state index is 13.0. The number of carbonyl (C=O) groups is 3. The van der Waals surface area contributed by atoms with E-state index in [0.29, 0.717) is 17.8 Å². The number of methoxy groups -OCH3 is 1. The second kappa shape index (κ2) is 7.87. The zero-order chi connectivity index (χ0) is 20.3. The van der Waals surface area contributed by atoms with Crippen molar-refractivity contribution in [2.45, 2.75) is 13.5 Å². The van der Waals surface area contributed by atoms with E-state index in [1.165, 1.54) is 24.1 Å². The molecule has 2 aromatic rings. The quantitative estimate of drug-likeness (QED) is 0.564. The number of H-pyrrole nitrogens is 1. The molecule has 7 nitrogen and oxygen atoms in total. The van der Waals surface area contributed by atoms with Crippen molar-refractivity contribution in [2.75, 3.05) is 7.11 Å². The van der Waals surface area contributed by atoms with Crippen molar-refractivity contribution in [3.63, 3.8) is 0 Å². The standard InChI is InChI=1S/C21H18N2O5/c1-13-18(21(27)28-2)17(10-14-5-7-16(8-6-14)20(25)26)19(24)23(13)12-15-4-3-9-22-11-15/h3-11H,12H2,1-2H3,(H,25,26)/b17-10-. The van der Waals surface area contributed by atoms with Gasteiger partial charge in [0.15, 0.2) is 12.4 Å². The first-order valence-corrected chi connectivity index (χ1v) is 8.52. The van der Waals surface area contributed by atoms with Crippen LogP contribution < -0.4 is 10.1 Å². The van der Waals surface area contributed by atoms with E-state index in [4.69, 9.17) is 4.74 Å². The lowest BCUT2D eigenvalue weighted by molar-refractivity contribution is -0.378. The maximum absolute atomic E-state index is 13.0. The molecule has 1 aliphatic heterocycles. The molecular formula is C21H18N2O5. The Morgan fingerprint density at radius 2 is 1.93 bits per heavy atom. The third-order valence-electron chi connectivity index (χ3n) is 4.47. The summed E-state index contributed by atoms with van der Waals surface area (Å²) in [7, 11) is 1.26. The molecular weight excluding hydrogens is 360 g/mol. The number of aromatic amines is 1. The summed E-state index contributed by atoms with van der Waals surface area (Å²) in [6.07, 6.45) is 5.09. The number of pyridine rings is 1. The molecule has 2 heterocycles. The maximum Gasteiger partial charge on any atom is 0.340 e. The molecule has 0 atom stereocenters. The van der Waals surface area contributed by atoms with Gasteiger partial charge in [-0.05, 0) is 30.2 Å². The van der Waals surface area contributed by atoms with Gasteiger partial charge in [0.05, 0.1) is 30.8 Å². The summed E-state index contributed by atoms with van der Waals surface area (Å²) < 4.78 is 4.86. The second-order valence-electron chi connectivity index (χ2n) is 6.22. The van der Waals surface area contributed by atoms with Crippen LogP contribution in [0.15, 0.2) is 65.6 Å². The van der Waals surface area contributed by atoms with Crippen molar-refractivity contribution in [3.05, 3.63) is 82.3 Å². The summed E-state index contributed by atoms with van der Waals surface area (Å²) in [6.45, 7) is 1.99. The molecule has 142 valence electrons. The third kappa shape index (κ3) is 3.68. The van der Waals surface area contributed by atoms with E-state index >= 15 is 0 Å². The monoisotopic (exact) mass is 378 g/mol. The molecule has 1 amide bonds. The average molecular weight is 378 g/mol. The van der Waals surface area contributed by atoms with Gasteiger partial charge in [-0.1, -0.05) is 24.3 Å². The van der Waals surface area contributed by atoms with Crippen LogP contribution in [0.1, 0.15) is 28.4 Å². The number of carboxylic acid groups (broad SMARTS) is 1. The normalized spacial score (nSPS) is 15.3.